The van der Waals surface area contributed by atoms with E-state index in [1.54, 1.807) is 18.6 Å². The molecule has 3 heterocycles. The number of aromatic nitrogens is 4. The summed E-state index contributed by atoms with van der Waals surface area (Å²) >= 11 is 0. The van der Waals surface area contributed by atoms with Crippen molar-refractivity contribution in [2.24, 2.45) is 0 Å². The molecular weight excluding hydrogens is 312 g/mol. The second-order valence-electron chi connectivity index (χ2n) is 5.87. The fourth-order valence-electron chi connectivity index (χ4n) is 2.29. The smallest absolute Gasteiger partial charge is 0.225 e. The van der Waals surface area contributed by atoms with E-state index in [0.717, 1.165) is 29.1 Å². The van der Waals surface area contributed by atoms with E-state index >= 15 is 0 Å². The van der Waals surface area contributed by atoms with E-state index in [9.17, 15) is 0 Å². The summed E-state index contributed by atoms with van der Waals surface area (Å²) in [4.78, 5) is 17.4. The minimum Gasteiger partial charge on any atom is -0.366 e. The van der Waals surface area contributed by atoms with Crippen LogP contribution in [0.25, 0.3) is 11.3 Å². The lowest BCUT2D eigenvalue weighted by atomic mass is 10.2. The molecule has 0 aliphatic rings. The van der Waals surface area contributed by atoms with E-state index < -0.39 is 0 Å². The molecule has 0 unspecified atom stereocenters. The van der Waals surface area contributed by atoms with Gasteiger partial charge in [-0.25, -0.2) is 4.98 Å². The number of hydrogen-bond donors (Lipinski definition) is 2. The van der Waals surface area contributed by atoms with Gasteiger partial charge in [-0.2, -0.15) is 4.98 Å². The number of rotatable bonds is 7. The Morgan fingerprint density at radius 3 is 2.60 bits per heavy atom. The van der Waals surface area contributed by atoms with Crippen LogP contribution in [0.4, 0.5) is 11.8 Å². The van der Waals surface area contributed by atoms with Crippen molar-refractivity contribution in [3.05, 3.63) is 60.7 Å². The molecule has 0 fully saturated rings. The Balaban J connectivity index is 1.86. The summed E-state index contributed by atoms with van der Waals surface area (Å²) in [7, 11) is 0. The fourth-order valence-corrected chi connectivity index (χ4v) is 2.29. The van der Waals surface area contributed by atoms with Crippen LogP contribution in [-0.4, -0.2) is 26.0 Å². The standard InChI is InChI=1S/C19H22N6/c1-3-14(2)23-19-24-17(16-6-9-20-10-7-16)11-18(25-19)22-13-15-5-4-8-21-12-15/h4-12,14H,3,13H2,1-2H3,(H2,22,23,24,25)/t14-/m1/s1. The first kappa shape index (κ1) is 16.8. The Kier molecular flexibility index (Phi) is 5.51. The highest BCUT2D eigenvalue weighted by Crippen LogP contribution is 2.21. The molecule has 6 heteroatoms. The van der Waals surface area contributed by atoms with Crippen LogP contribution < -0.4 is 10.6 Å². The van der Waals surface area contributed by atoms with Crippen LogP contribution in [0.2, 0.25) is 0 Å². The number of pyridine rings is 2. The van der Waals surface area contributed by atoms with E-state index in [1.807, 2.05) is 36.5 Å². The number of nitrogens with one attached hydrogen (secondary N) is 2. The van der Waals surface area contributed by atoms with Gasteiger partial charge in [0.1, 0.15) is 5.82 Å². The van der Waals surface area contributed by atoms with Gasteiger partial charge < -0.3 is 10.6 Å². The Morgan fingerprint density at radius 1 is 1.04 bits per heavy atom. The van der Waals surface area contributed by atoms with E-state index in [1.165, 1.54) is 0 Å². The summed E-state index contributed by atoms with van der Waals surface area (Å²) in [5.41, 5.74) is 2.97. The Bertz CT molecular complexity index is 792. The molecule has 0 aromatic carbocycles. The van der Waals surface area contributed by atoms with Crippen LogP contribution in [-0.2, 0) is 6.54 Å². The molecule has 0 saturated carbocycles. The molecule has 0 aliphatic carbocycles. The third kappa shape index (κ3) is 4.73. The van der Waals surface area contributed by atoms with E-state index in [4.69, 9.17) is 0 Å². The van der Waals surface area contributed by atoms with Gasteiger partial charge in [0.05, 0.1) is 5.69 Å². The highest BCUT2D eigenvalue weighted by atomic mass is 15.2. The highest BCUT2D eigenvalue weighted by Gasteiger charge is 2.09. The summed E-state index contributed by atoms with van der Waals surface area (Å²) < 4.78 is 0. The number of nitrogens with zero attached hydrogens (tertiary/aromatic N) is 4. The largest absolute Gasteiger partial charge is 0.366 e. The van der Waals surface area contributed by atoms with Crippen molar-refractivity contribution < 1.29 is 0 Å². The van der Waals surface area contributed by atoms with Crippen LogP contribution in [0.3, 0.4) is 0 Å². The molecule has 0 bridgehead atoms. The van der Waals surface area contributed by atoms with Crippen molar-refractivity contribution in [1.29, 1.82) is 0 Å². The van der Waals surface area contributed by atoms with Crippen LogP contribution in [0.5, 0.6) is 0 Å². The van der Waals surface area contributed by atoms with Gasteiger partial charge in [0, 0.05) is 49.0 Å². The summed E-state index contributed by atoms with van der Waals surface area (Å²) in [6.07, 6.45) is 8.14. The van der Waals surface area contributed by atoms with Gasteiger partial charge >= 0.3 is 0 Å². The van der Waals surface area contributed by atoms with Crippen molar-refractivity contribution in [3.8, 4) is 11.3 Å². The Morgan fingerprint density at radius 2 is 1.88 bits per heavy atom. The fraction of sp³-hybridized carbons (Fsp3) is 0.263. The lowest BCUT2D eigenvalue weighted by Gasteiger charge is -2.14. The topological polar surface area (TPSA) is 75.6 Å². The zero-order chi connectivity index (χ0) is 17.5. The first-order valence-electron chi connectivity index (χ1n) is 8.43. The van der Waals surface area contributed by atoms with Gasteiger partial charge in [-0.3, -0.25) is 9.97 Å². The predicted molar refractivity (Wildman–Crippen MR) is 100 cm³/mol. The normalized spacial score (nSPS) is 11.8. The van der Waals surface area contributed by atoms with Gasteiger partial charge in [-0.1, -0.05) is 13.0 Å². The summed E-state index contributed by atoms with van der Waals surface area (Å²) in [6.45, 7) is 4.90. The molecule has 0 saturated heterocycles. The van der Waals surface area contributed by atoms with Crippen molar-refractivity contribution in [3.63, 3.8) is 0 Å². The Hall–Kier alpha value is -3.02. The van der Waals surface area contributed by atoms with Crippen molar-refractivity contribution in [2.45, 2.75) is 32.9 Å². The summed E-state index contributed by atoms with van der Waals surface area (Å²) in [5, 5.41) is 6.71. The third-order valence-electron chi connectivity index (χ3n) is 3.89. The molecule has 25 heavy (non-hydrogen) atoms. The molecule has 2 N–H and O–H groups in total. The van der Waals surface area contributed by atoms with Gasteiger partial charge in [-0.05, 0) is 37.1 Å². The molecule has 0 aliphatic heterocycles. The minimum atomic E-state index is 0.305. The lowest BCUT2D eigenvalue weighted by molar-refractivity contribution is 0.753. The van der Waals surface area contributed by atoms with Crippen LogP contribution >= 0.6 is 0 Å². The molecule has 3 aromatic rings. The maximum absolute atomic E-state index is 4.64. The van der Waals surface area contributed by atoms with Crippen molar-refractivity contribution in [1.82, 2.24) is 19.9 Å². The van der Waals surface area contributed by atoms with Gasteiger partial charge in [0.25, 0.3) is 0 Å². The summed E-state index contributed by atoms with van der Waals surface area (Å²) in [6, 6.07) is 10.1. The van der Waals surface area contributed by atoms with E-state index in [0.29, 0.717) is 18.5 Å². The van der Waals surface area contributed by atoms with Crippen molar-refractivity contribution in [2.75, 3.05) is 10.6 Å². The molecule has 128 valence electrons. The Labute approximate surface area is 147 Å². The molecule has 1 atom stereocenters. The predicted octanol–water partition coefficient (Wildman–Crippen LogP) is 3.76. The molecule has 3 aromatic heterocycles. The maximum atomic E-state index is 4.64. The van der Waals surface area contributed by atoms with Crippen LogP contribution in [0.15, 0.2) is 55.1 Å². The molecule has 6 nitrogen and oxygen atoms in total. The average molecular weight is 334 g/mol. The molecule has 0 amide bonds. The average Bonchev–Trinajstić information content (AvgIpc) is 2.67. The van der Waals surface area contributed by atoms with Gasteiger partial charge in [0.15, 0.2) is 0 Å². The highest BCUT2D eigenvalue weighted by molar-refractivity contribution is 5.64. The van der Waals surface area contributed by atoms with Gasteiger partial charge in [-0.15, -0.1) is 0 Å². The zero-order valence-electron chi connectivity index (χ0n) is 14.5. The van der Waals surface area contributed by atoms with Crippen LogP contribution in [0.1, 0.15) is 25.8 Å². The zero-order valence-corrected chi connectivity index (χ0v) is 14.5. The SMILES string of the molecule is CC[C@@H](C)Nc1nc(NCc2cccnc2)cc(-c2ccncc2)n1. The van der Waals surface area contributed by atoms with Crippen LogP contribution in [0, 0.1) is 0 Å². The first-order valence-corrected chi connectivity index (χ1v) is 8.43. The molecule has 3 rings (SSSR count). The molecule has 0 spiro atoms. The maximum Gasteiger partial charge on any atom is 0.225 e. The summed E-state index contributed by atoms with van der Waals surface area (Å²) in [5.74, 6) is 1.40. The van der Waals surface area contributed by atoms with Gasteiger partial charge in [0.2, 0.25) is 5.95 Å². The third-order valence-corrected chi connectivity index (χ3v) is 3.89. The monoisotopic (exact) mass is 334 g/mol. The minimum absolute atomic E-state index is 0.305. The second kappa shape index (κ2) is 8.19. The second-order valence-corrected chi connectivity index (χ2v) is 5.87. The van der Waals surface area contributed by atoms with Crippen molar-refractivity contribution >= 4 is 11.8 Å². The first-order chi connectivity index (χ1) is 12.2. The lowest BCUT2D eigenvalue weighted by Crippen LogP contribution is -2.16. The van der Waals surface area contributed by atoms with E-state index in [-0.39, 0.29) is 0 Å². The number of anilines is 2. The quantitative estimate of drug-likeness (QED) is 0.685. The molecular formula is C19H22N6. The van der Waals surface area contributed by atoms with E-state index in [2.05, 4.69) is 44.4 Å². The molecule has 0 radical (unpaired) electrons. The number of hydrogen-bond acceptors (Lipinski definition) is 6.